The minimum absolute atomic E-state index is 0.612. The van der Waals surface area contributed by atoms with Gasteiger partial charge < -0.3 is 4.90 Å². The molecule has 0 atom stereocenters. The van der Waals surface area contributed by atoms with Crippen molar-refractivity contribution < 1.29 is 0 Å². The second-order valence-corrected chi connectivity index (χ2v) is 3.24. The first-order chi connectivity index (χ1) is 7.24. The van der Waals surface area contributed by atoms with Crippen LogP contribution < -0.4 is 0 Å². The van der Waals surface area contributed by atoms with Crippen LogP contribution in [0.3, 0.4) is 0 Å². The lowest BCUT2D eigenvalue weighted by atomic mass is 10.1. The Balaban J connectivity index is 2.87. The summed E-state index contributed by atoms with van der Waals surface area (Å²) < 4.78 is 0. The fraction of sp³-hybridized carbons (Fsp3) is 0.167. The molecule has 3 nitrogen and oxygen atoms in total. The Morgan fingerprint density at radius 3 is 2.87 bits per heavy atom. The van der Waals surface area contributed by atoms with Gasteiger partial charge in [-0.05, 0) is 24.4 Å². The number of hydrogen-bond donors (Lipinski definition) is 0. The Hall–Kier alpha value is -2.08. The van der Waals surface area contributed by atoms with E-state index in [2.05, 4.69) is 11.1 Å². The van der Waals surface area contributed by atoms with Crippen LogP contribution in [0.4, 0.5) is 0 Å². The van der Waals surface area contributed by atoms with Gasteiger partial charge in [0.1, 0.15) is 0 Å². The molecular weight excluding hydrogens is 186 g/mol. The van der Waals surface area contributed by atoms with Crippen LogP contribution in [0.1, 0.15) is 5.56 Å². The SMILES string of the molecule is CN(C)C=CC=C(C#N)c1cccnc1. The molecule has 1 aromatic rings. The molecule has 1 rings (SSSR count). The highest BCUT2D eigenvalue weighted by molar-refractivity contribution is 5.77. The van der Waals surface area contributed by atoms with Crippen molar-refractivity contribution in [2.24, 2.45) is 0 Å². The maximum absolute atomic E-state index is 8.95. The maximum Gasteiger partial charge on any atom is 0.0998 e. The van der Waals surface area contributed by atoms with E-state index in [0.717, 1.165) is 5.56 Å². The van der Waals surface area contributed by atoms with Crippen molar-refractivity contribution in [3.05, 3.63) is 48.4 Å². The van der Waals surface area contributed by atoms with Crippen LogP contribution in [-0.4, -0.2) is 24.0 Å². The molecule has 15 heavy (non-hydrogen) atoms. The molecule has 0 unspecified atom stereocenters. The zero-order valence-electron chi connectivity index (χ0n) is 8.88. The predicted molar refractivity (Wildman–Crippen MR) is 60.7 cm³/mol. The number of allylic oxidation sites excluding steroid dienone is 3. The van der Waals surface area contributed by atoms with E-state index in [0.29, 0.717) is 5.57 Å². The third-order valence-electron chi connectivity index (χ3n) is 1.74. The summed E-state index contributed by atoms with van der Waals surface area (Å²) in [6.07, 6.45) is 8.86. The number of nitrogens with zero attached hydrogens (tertiary/aromatic N) is 3. The Morgan fingerprint density at radius 1 is 1.53 bits per heavy atom. The maximum atomic E-state index is 8.95. The molecule has 0 saturated carbocycles. The topological polar surface area (TPSA) is 39.9 Å². The zero-order chi connectivity index (χ0) is 11.1. The quantitative estimate of drug-likeness (QED) is 0.552. The largest absolute Gasteiger partial charge is 0.383 e. The zero-order valence-corrected chi connectivity index (χ0v) is 8.88. The van der Waals surface area contributed by atoms with E-state index in [1.165, 1.54) is 0 Å². The number of rotatable bonds is 3. The summed E-state index contributed by atoms with van der Waals surface area (Å²) in [5, 5.41) is 8.95. The molecule has 0 amide bonds. The molecule has 0 saturated heterocycles. The summed E-state index contributed by atoms with van der Waals surface area (Å²) in [4.78, 5) is 5.88. The number of aromatic nitrogens is 1. The third kappa shape index (κ3) is 3.65. The standard InChI is InChI=1S/C12H13N3/c1-15(2)8-4-6-11(9-13)12-5-3-7-14-10-12/h3-8,10H,1-2H3. The van der Waals surface area contributed by atoms with Crippen molar-refractivity contribution in [2.75, 3.05) is 14.1 Å². The predicted octanol–water partition coefficient (Wildman–Crippen LogP) is 2.06. The van der Waals surface area contributed by atoms with Gasteiger partial charge in [0.25, 0.3) is 0 Å². The van der Waals surface area contributed by atoms with Gasteiger partial charge >= 0.3 is 0 Å². The molecule has 0 radical (unpaired) electrons. The lowest BCUT2D eigenvalue weighted by Crippen LogP contribution is -1.99. The number of hydrogen-bond acceptors (Lipinski definition) is 3. The highest BCUT2D eigenvalue weighted by Crippen LogP contribution is 2.11. The van der Waals surface area contributed by atoms with Crippen molar-refractivity contribution >= 4 is 5.57 Å². The minimum Gasteiger partial charge on any atom is -0.383 e. The van der Waals surface area contributed by atoms with Crippen molar-refractivity contribution in [3.8, 4) is 6.07 Å². The summed E-state index contributed by atoms with van der Waals surface area (Å²) in [6, 6.07) is 5.83. The lowest BCUT2D eigenvalue weighted by Gasteiger charge is -2.01. The molecule has 0 aliphatic carbocycles. The molecule has 0 bridgehead atoms. The summed E-state index contributed by atoms with van der Waals surface area (Å²) >= 11 is 0. The highest BCUT2D eigenvalue weighted by atomic mass is 15.0. The second-order valence-electron chi connectivity index (χ2n) is 3.24. The van der Waals surface area contributed by atoms with Crippen LogP contribution in [-0.2, 0) is 0 Å². The fourth-order valence-electron chi connectivity index (χ4n) is 1.03. The summed E-state index contributed by atoms with van der Waals surface area (Å²) in [5.74, 6) is 0. The van der Waals surface area contributed by atoms with Crippen LogP contribution >= 0.6 is 0 Å². The molecule has 0 aliphatic rings. The summed E-state index contributed by atoms with van der Waals surface area (Å²) in [6.45, 7) is 0. The van der Waals surface area contributed by atoms with Crippen molar-refractivity contribution in [1.29, 1.82) is 5.26 Å². The van der Waals surface area contributed by atoms with E-state index in [4.69, 9.17) is 5.26 Å². The summed E-state index contributed by atoms with van der Waals surface area (Å²) in [5.41, 5.74) is 1.45. The average molecular weight is 199 g/mol. The Labute approximate surface area is 90.0 Å². The smallest absolute Gasteiger partial charge is 0.0998 e. The Kier molecular flexibility index (Phi) is 4.11. The van der Waals surface area contributed by atoms with Gasteiger partial charge in [-0.1, -0.05) is 6.07 Å². The minimum atomic E-state index is 0.612. The highest BCUT2D eigenvalue weighted by Gasteiger charge is 1.97. The Bertz CT molecular complexity index is 397. The molecule has 3 heteroatoms. The van der Waals surface area contributed by atoms with Crippen molar-refractivity contribution in [3.63, 3.8) is 0 Å². The van der Waals surface area contributed by atoms with Gasteiger partial charge in [-0.25, -0.2) is 0 Å². The molecule has 76 valence electrons. The van der Waals surface area contributed by atoms with Gasteiger partial charge in [-0.2, -0.15) is 5.26 Å². The van der Waals surface area contributed by atoms with Crippen molar-refractivity contribution in [1.82, 2.24) is 9.88 Å². The third-order valence-corrected chi connectivity index (χ3v) is 1.74. The molecular formula is C12H13N3. The van der Waals surface area contributed by atoms with Gasteiger partial charge in [0.05, 0.1) is 11.6 Å². The van der Waals surface area contributed by atoms with Crippen LogP contribution in [0.15, 0.2) is 42.9 Å². The van der Waals surface area contributed by atoms with Gasteiger partial charge in [0.2, 0.25) is 0 Å². The second kappa shape index (κ2) is 5.61. The average Bonchev–Trinajstić information content (AvgIpc) is 2.25. The number of pyridine rings is 1. The first-order valence-electron chi connectivity index (χ1n) is 4.59. The first-order valence-corrected chi connectivity index (χ1v) is 4.59. The van der Waals surface area contributed by atoms with E-state index >= 15 is 0 Å². The van der Waals surface area contributed by atoms with Crippen LogP contribution in [0.25, 0.3) is 5.57 Å². The monoisotopic (exact) mass is 199 g/mol. The van der Waals surface area contributed by atoms with Crippen LogP contribution in [0, 0.1) is 11.3 Å². The van der Waals surface area contributed by atoms with E-state index in [-0.39, 0.29) is 0 Å². The van der Waals surface area contributed by atoms with Gasteiger partial charge in [-0.3, -0.25) is 4.98 Å². The molecule has 0 spiro atoms. The Morgan fingerprint density at radius 2 is 2.33 bits per heavy atom. The molecule has 0 aromatic carbocycles. The summed E-state index contributed by atoms with van der Waals surface area (Å²) in [7, 11) is 3.86. The van der Waals surface area contributed by atoms with Crippen LogP contribution in [0.5, 0.6) is 0 Å². The first kappa shape index (κ1) is 11.0. The molecule has 0 aliphatic heterocycles. The van der Waals surface area contributed by atoms with E-state index in [9.17, 15) is 0 Å². The van der Waals surface area contributed by atoms with Gasteiger partial charge in [-0.15, -0.1) is 0 Å². The molecule has 1 heterocycles. The van der Waals surface area contributed by atoms with Crippen LogP contribution in [0.2, 0.25) is 0 Å². The molecule has 0 fully saturated rings. The van der Waals surface area contributed by atoms with Crippen molar-refractivity contribution in [2.45, 2.75) is 0 Å². The normalized spacial score (nSPS) is 11.4. The van der Waals surface area contributed by atoms with E-state index in [1.807, 2.05) is 43.4 Å². The fourth-order valence-corrected chi connectivity index (χ4v) is 1.03. The van der Waals surface area contributed by atoms with E-state index in [1.54, 1.807) is 18.5 Å². The molecule has 1 aromatic heterocycles. The lowest BCUT2D eigenvalue weighted by molar-refractivity contribution is 0.564. The molecule has 0 N–H and O–H groups in total. The van der Waals surface area contributed by atoms with Gasteiger partial charge in [0, 0.05) is 32.1 Å². The van der Waals surface area contributed by atoms with Gasteiger partial charge in [0.15, 0.2) is 0 Å². The van der Waals surface area contributed by atoms with E-state index < -0.39 is 0 Å². The number of nitriles is 1.